The quantitative estimate of drug-likeness (QED) is 0.673. The normalized spacial score (nSPS) is 10.5. The molecule has 78 valence electrons. The van der Waals surface area contributed by atoms with Gasteiger partial charge < -0.3 is 9.64 Å². The van der Waals surface area contributed by atoms with Crippen LogP contribution in [0.1, 0.15) is 20.8 Å². The molecule has 4 heteroatoms. The van der Waals surface area contributed by atoms with E-state index in [2.05, 4.69) is 15.9 Å². The van der Waals surface area contributed by atoms with Gasteiger partial charge in [-0.25, -0.2) is 0 Å². The maximum Gasteiger partial charge on any atom is 0.248 e. The van der Waals surface area contributed by atoms with Crippen LogP contribution in [0.25, 0.3) is 0 Å². The van der Waals surface area contributed by atoms with Crippen LogP contribution in [-0.2, 0) is 9.53 Å². The lowest BCUT2D eigenvalue weighted by Gasteiger charge is -2.25. The number of carbonyl (C=O) groups excluding carboxylic acids is 1. The van der Waals surface area contributed by atoms with Crippen LogP contribution in [0, 0.1) is 0 Å². The third-order valence-corrected chi connectivity index (χ3v) is 2.05. The summed E-state index contributed by atoms with van der Waals surface area (Å²) in [6, 6.07) is 0.241. The predicted molar refractivity (Wildman–Crippen MR) is 57.1 cm³/mol. The summed E-state index contributed by atoms with van der Waals surface area (Å²) in [4.78, 5) is 13.3. The molecule has 0 aliphatic carbocycles. The van der Waals surface area contributed by atoms with Crippen LogP contribution in [0.5, 0.6) is 0 Å². The van der Waals surface area contributed by atoms with Crippen molar-refractivity contribution in [1.29, 1.82) is 0 Å². The van der Waals surface area contributed by atoms with Gasteiger partial charge in [0, 0.05) is 24.5 Å². The third-order valence-electron chi connectivity index (χ3n) is 1.70. The van der Waals surface area contributed by atoms with Gasteiger partial charge in [0.15, 0.2) is 0 Å². The van der Waals surface area contributed by atoms with E-state index in [0.717, 1.165) is 11.9 Å². The molecule has 0 rings (SSSR count). The molecule has 0 fully saturated rings. The SMILES string of the molecule is CCOCC(=O)N(CCBr)C(C)C. The van der Waals surface area contributed by atoms with E-state index < -0.39 is 0 Å². The first-order valence-corrected chi connectivity index (χ1v) is 5.68. The summed E-state index contributed by atoms with van der Waals surface area (Å²) in [6.07, 6.45) is 0. The van der Waals surface area contributed by atoms with Gasteiger partial charge in [0.05, 0.1) is 0 Å². The van der Waals surface area contributed by atoms with Gasteiger partial charge in [-0.1, -0.05) is 15.9 Å². The molecule has 0 bridgehead atoms. The first-order chi connectivity index (χ1) is 6.13. The Hall–Kier alpha value is -0.0900. The lowest BCUT2D eigenvalue weighted by atomic mass is 10.3. The molecule has 0 aromatic heterocycles. The predicted octanol–water partition coefficient (Wildman–Crippen LogP) is 1.65. The number of nitrogens with zero attached hydrogens (tertiary/aromatic N) is 1. The summed E-state index contributed by atoms with van der Waals surface area (Å²) >= 11 is 3.32. The standard InChI is InChI=1S/C9H18BrNO2/c1-4-13-7-9(12)11(6-5-10)8(2)3/h8H,4-7H2,1-3H3. The number of rotatable bonds is 6. The van der Waals surface area contributed by atoms with E-state index in [1.54, 1.807) is 0 Å². The molecule has 0 aliphatic rings. The molecule has 3 nitrogen and oxygen atoms in total. The molecule has 0 unspecified atom stereocenters. The Labute approximate surface area is 88.6 Å². The molecule has 0 spiro atoms. The van der Waals surface area contributed by atoms with E-state index in [9.17, 15) is 4.79 Å². The lowest BCUT2D eigenvalue weighted by Crippen LogP contribution is -2.40. The zero-order valence-electron chi connectivity index (χ0n) is 8.55. The first-order valence-electron chi connectivity index (χ1n) is 4.56. The summed E-state index contributed by atoms with van der Waals surface area (Å²) in [5, 5.41) is 0.809. The molecule has 0 radical (unpaired) electrons. The highest BCUT2D eigenvalue weighted by Crippen LogP contribution is 2.00. The number of carbonyl (C=O) groups is 1. The van der Waals surface area contributed by atoms with E-state index in [-0.39, 0.29) is 18.6 Å². The van der Waals surface area contributed by atoms with Crippen molar-refractivity contribution in [2.45, 2.75) is 26.8 Å². The Kier molecular flexibility index (Phi) is 7.28. The van der Waals surface area contributed by atoms with Crippen molar-refractivity contribution < 1.29 is 9.53 Å². The van der Waals surface area contributed by atoms with Gasteiger partial charge in [0.1, 0.15) is 6.61 Å². The van der Waals surface area contributed by atoms with Gasteiger partial charge in [0.2, 0.25) is 5.91 Å². The van der Waals surface area contributed by atoms with Crippen LogP contribution < -0.4 is 0 Å². The second-order valence-electron chi connectivity index (χ2n) is 3.01. The zero-order chi connectivity index (χ0) is 10.3. The highest BCUT2D eigenvalue weighted by Gasteiger charge is 2.15. The summed E-state index contributed by atoms with van der Waals surface area (Å²) in [5.41, 5.74) is 0. The number of hydrogen-bond acceptors (Lipinski definition) is 2. The molecule has 0 atom stereocenters. The summed E-state index contributed by atoms with van der Waals surface area (Å²) in [6.45, 7) is 7.42. The van der Waals surface area contributed by atoms with Crippen molar-refractivity contribution in [2.24, 2.45) is 0 Å². The van der Waals surface area contributed by atoms with Crippen molar-refractivity contribution in [3.63, 3.8) is 0 Å². The molecular weight excluding hydrogens is 234 g/mol. The van der Waals surface area contributed by atoms with E-state index in [1.165, 1.54) is 0 Å². The minimum absolute atomic E-state index is 0.0660. The number of halogens is 1. The van der Waals surface area contributed by atoms with Gasteiger partial charge in [-0.3, -0.25) is 4.79 Å². The Morgan fingerprint density at radius 2 is 2.15 bits per heavy atom. The van der Waals surface area contributed by atoms with Crippen molar-refractivity contribution >= 4 is 21.8 Å². The third kappa shape index (κ3) is 5.26. The first kappa shape index (κ1) is 12.9. The van der Waals surface area contributed by atoms with Crippen molar-refractivity contribution in [3.05, 3.63) is 0 Å². The minimum atomic E-state index is 0.0660. The largest absolute Gasteiger partial charge is 0.372 e. The maximum absolute atomic E-state index is 11.5. The maximum atomic E-state index is 11.5. The van der Waals surface area contributed by atoms with E-state index >= 15 is 0 Å². The van der Waals surface area contributed by atoms with Gasteiger partial charge in [-0.05, 0) is 20.8 Å². The number of amides is 1. The van der Waals surface area contributed by atoms with Gasteiger partial charge in [-0.2, -0.15) is 0 Å². The fourth-order valence-electron chi connectivity index (χ4n) is 1.03. The molecule has 0 aliphatic heterocycles. The molecule has 0 heterocycles. The zero-order valence-corrected chi connectivity index (χ0v) is 10.1. The Balaban J connectivity index is 3.96. The molecule has 13 heavy (non-hydrogen) atoms. The van der Waals surface area contributed by atoms with Crippen molar-refractivity contribution in [1.82, 2.24) is 4.90 Å². The van der Waals surface area contributed by atoms with Crippen molar-refractivity contribution in [3.8, 4) is 0 Å². The average molecular weight is 252 g/mol. The highest BCUT2D eigenvalue weighted by molar-refractivity contribution is 9.09. The van der Waals surface area contributed by atoms with Gasteiger partial charge >= 0.3 is 0 Å². The molecule has 0 saturated heterocycles. The second-order valence-corrected chi connectivity index (χ2v) is 3.80. The monoisotopic (exact) mass is 251 g/mol. The van der Waals surface area contributed by atoms with Crippen LogP contribution in [0.3, 0.4) is 0 Å². The number of ether oxygens (including phenoxy) is 1. The number of hydrogen-bond donors (Lipinski definition) is 0. The Bertz CT molecular complexity index is 151. The van der Waals surface area contributed by atoms with Gasteiger partial charge in [0.25, 0.3) is 0 Å². The van der Waals surface area contributed by atoms with Crippen LogP contribution in [-0.4, -0.2) is 41.9 Å². The van der Waals surface area contributed by atoms with Crippen molar-refractivity contribution in [2.75, 3.05) is 25.1 Å². The second kappa shape index (κ2) is 7.33. The Morgan fingerprint density at radius 3 is 2.54 bits per heavy atom. The molecule has 0 N–H and O–H groups in total. The summed E-state index contributed by atoms with van der Waals surface area (Å²) in [7, 11) is 0. The smallest absolute Gasteiger partial charge is 0.248 e. The molecule has 0 aromatic rings. The van der Waals surface area contributed by atoms with Crippen LogP contribution in [0.15, 0.2) is 0 Å². The lowest BCUT2D eigenvalue weighted by molar-refractivity contribution is -0.137. The van der Waals surface area contributed by atoms with Crippen LogP contribution in [0.2, 0.25) is 0 Å². The van der Waals surface area contributed by atoms with Crippen LogP contribution >= 0.6 is 15.9 Å². The fraction of sp³-hybridized carbons (Fsp3) is 0.889. The molecule has 0 saturated carbocycles. The topological polar surface area (TPSA) is 29.5 Å². The fourth-order valence-corrected chi connectivity index (χ4v) is 1.42. The Morgan fingerprint density at radius 1 is 1.54 bits per heavy atom. The van der Waals surface area contributed by atoms with Crippen LogP contribution in [0.4, 0.5) is 0 Å². The summed E-state index contributed by atoms with van der Waals surface area (Å²) in [5.74, 6) is 0.0660. The molecule has 1 amide bonds. The van der Waals surface area contributed by atoms with Gasteiger partial charge in [-0.15, -0.1) is 0 Å². The summed E-state index contributed by atoms with van der Waals surface area (Å²) < 4.78 is 5.07. The number of alkyl halides is 1. The highest BCUT2D eigenvalue weighted by atomic mass is 79.9. The van der Waals surface area contributed by atoms with E-state index in [1.807, 2.05) is 25.7 Å². The molecular formula is C9H18BrNO2. The molecule has 0 aromatic carbocycles. The minimum Gasteiger partial charge on any atom is -0.372 e. The van der Waals surface area contributed by atoms with E-state index in [0.29, 0.717) is 6.61 Å². The van der Waals surface area contributed by atoms with E-state index in [4.69, 9.17) is 4.74 Å². The average Bonchev–Trinajstić information content (AvgIpc) is 2.09.